The lowest BCUT2D eigenvalue weighted by Crippen LogP contribution is -2.28. The van der Waals surface area contributed by atoms with E-state index < -0.39 is 5.41 Å². The molecule has 1 aliphatic carbocycles. The van der Waals surface area contributed by atoms with E-state index in [-0.39, 0.29) is 5.41 Å². The van der Waals surface area contributed by atoms with E-state index in [0.717, 1.165) is 50.1 Å². The summed E-state index contributed by atoms with van der Waals surface area (Å²) < 4.78 is 7.14. The average Bonchev–Trinajstić information content (AvgIpc) is 3.77. The molecule has 1 heterocycles. The van der Waals surface area contributed by atoms with E-state index in [4.69, 9.17) is 4.42 Å². The zero-order valence-electron chi connectivity index (χ0n) is 31.3. The van der Waals surface area contributed by atoms with Gasteiger partial charge in [-0.05, 0) is 80.3 Å². The topological polar surface area (TPSA) is 16.4 Å². The fraction of sp³-hybridized carbons (Fsp3) is 0.0943. The first kappa shape index (κ1) is 33.0. The highest BCUT2D eigenvalue weighted by Gasteiger charge is 2.45. The van der Waals surface area contributed by atoms with Crippen molar-refractivity contribution in [1.82, 2.24) is 0 Å². The molecule has 0 saturated heterocycles. The Morgan fingerprint density at radius 1 is 0.436 bits per heavy atom. The Bertz CT molecular complexity index is 2780. The highest BCUT2D eigenvalue weighted by molar-refractivity contribution is 6.15. The van der Waals surface area contributed by atoms with Crippen LogP contribution in [0.5, 0.6) is 0 Å². The van der Waals surface area contributed by atoms with E-state index in [1.54, 1.807) is 0 Å². The normalized spacial score (nSPS) is 13.1. The standard InChI is InChI=1S/C53H41NO/c1-52(2,3)47-34-35-48(51-49(47)44-27-17-26-41(50(44)55-51)36-18-7-4-8-19-36)54(39-22-11-6-12-23-39)40-32-30-38(31-33-40)53(37-20-9-5-10-21-37)45-28-15-13-24-42(45)43-25-14-16-29-46(43)53/h4-35H,1-3H3. The number of nitrogens with zero attached hydrogens (tertiary/aromatic N) is 1. The first-order valence-electron chi connectivity index (χ1n) is 19.2. The number of furan rings is 1. The lowest BCUT2D eigenvalue weighted by atomic mass is 9.68. The van der Waals surface area contributed by atoms with Crippen LogP contribution in [0.2, 0.25) is 0 Å². The second kappa shape index (κ2) is 12.7. The number of hydrogen-bond donors (Lipinski definition) is 0. The number of para-hydroxylation sites is 2. The molecule has 2 nitrogen and oxygen atoms in total. The first-order valence-corrected chi connectivity index (χ1v) is 19.2. The summed E-state index contributed by atoms with van der Waals surface area (Å²) in [5.74, 6) is 0. The van der Waals surface area contributed by atoms with Gasteiger partial charge in [0.15, 0.2) is 5.58 Å². The molecule has 2 heteroatoms. The van der Waals surface area contributed by atoms with Gasteiger partial charge in [-0.2, -0.15) is 0 Å². The van der Waals surface area contributed by atoms with Crippen LogP contribution in [0.25, 0.3) is 44.2 Å². The van der Waals surface area contributed by atoms with Crippen molar-refractivity contribution in [2.24, 2.45) is 0 Å². The van der Waals surface area contributed by atoms with Gasteiger partial charge >= 0.3 is 0 Å². The maximum Gasteiger partial charge on any atom is 0.159 e. The highest BCUT2D eigenvalue weighted by atomic mass is 16.3. The fourth-order valence-corrected chi connectivity index (χ4v) is 9.11. The summed E-state index contributed by atoms with van der Waals surface area (Å²) >= 11 is 0. The second-order valence-electron chi connectivity index (χ2n) is 15.7. The van der Waals surface area contributed by atoms with Crippen molar-refractivity contribution in [3.8, 4) is 22.3 Å². The lowest BCUT2D eigenvalue weighted by molar-refractivity contribution is 0.595. The van der Waals surface area contributed by atoms with E-state index in [1.807, 2.05) is 0 Å². The van der Waals surface area contributed by atoms with Gasteiger partial charge in [0.05, 0.1) is 11.1 Å². The largest absolute Gasteiger partial charge is 0.453 e. The summed E-state index contributed by atoms with van der Waals surface area (Å²) in [5, 5.41) is 2.30. The molecule has 0 bridgehead atoms. The fourth-order valence-electron chi connectivity index (χ4n) is 9.11. The van der Waals surface area contributed by atoms with Gasteiger partial charge in [0, 0.05) is 27.7 Å². The second-order valence-corrected chi connectivity index (χ2v) is 15.7. The number of rotatable bonds is 6. The zero-order valence-corrected chi connectivity index (χ0v) is 31.3. The van der Waals surface area contributed by atoms with Gasteiger partial charge in [-0.1, -0.05) is 185 Å². The van der Waals surface area contributed by atoms with E-state index in [2.05, 4.69) is 220 Å². The molecule has 1 aliphatic rings. The number of fused-ring (bicyclic) bond motifs is 6. The SMILES string of the molecule is CC(C)(C)c1ccc(N(c2ccccc2)c2ccc(C3(c4ccccc4)c4ccccc4-c4ccccc43)cc2)c2oc3c(-c4ccccc4)cccc3c12. The smallest absolute Gasteiger partial charge is 0.159 e. The Labute approximate surface area is 323 Å². The van der Waals surface area contributed by atoms with Crippen LogP contribution in [0.15, 0.2) is 199 Å². The monoisotopic (exact) mass is 707 g/mol. The molecule has 8 aromatic carbocycles. The quantitative estimate of drug-likeness (QED) is 0.171. The number of hydrogen-bond acceptors (Lipinski definition) is 2. The molecule has 264 valence electrons. The molecule has 0 saturated carbocycles. The Hall–Kier alpha value is -6.64. The van der Waals surface area contributed by atoms with Crippen LogP contribution in [0, 0.1) is 0 Å². The molecule has 0 atom stereocenters. The van der Waals surface area contributed by atoms with Crippen LogP contribution in [0.1, 0.15) is 48.6 Å². The van der Waals surface area contributed by atoms with Crippen LogP contribution in [0.3, 0.4) is 0 Å². The van der Waals surface area contributed by atoms with Crippen molar-refractivity contribution in [3.63, 3.8) is 0 Å². The third kappa shape index (κ3) is 5.09. The molecular weight excluding hydrogens is 667 g/mol. The van der Waals surface area contributed by atoms with Gasteiger partial charge in [-0.15, -0.1) is 0 Å². The van der Waals surface area contributed by atoms with Gasteiger partial charge < -0.3 is 9.32 Å². The molecule has 0 radical (unpaired) electrons. The van der Waals surface area contributed by atoms with Crippen molar-refractivity contribution in [3.05, 3.63) is 222 Å². The molecule has 1 aromatic heterocycles. The minimum atomic E-state index is -0.460. The van der Waals surface area contributed by atoms with Gasteiger partial charge in [0.25, 0.3) is 0 Å². The Morgan fingerprint density at radius 2 is 0.964 bits per heavy atom. The first-order chi connectivity index (χ1) is 26.9. The van der Waals surface area contributed by atoms with Gasteiger partial charge in [0.1, 0.15) is 5.58 Å². The molecule has 55 heavy (non-hydrogen) atoms. The van der Waals surface area contributed by atoms with E-state index in [1.165, 1.54) is 38.9 Å². The molecule has 0 amide bonds. The molecule has 0 fully saturated rings. The molecular formula is C53H41NO. The number of benzene rings is 8. The lowest BCUT2D eigenvalue weighted by Gasteiger charge is -2.34. The van der Waals surface area contributed by atoms with Crippen molar-refractivity contribution in [2.75, 3.05) is 4.90 Å². The van der Waals surface area contributed by atoms with Crippen LogP contribution in [-0.4, -0.2) is 0 Å². The third-order valence-corrected chi connectivity index (χ3v) is 11.5. The van der Waals surface area contributed by atoms with E-state index in [9.17, 15) is 0 Å². The van der Waals surface area contributed by atoms with Crippen molar-refractivity contribution in [1.29, 1.82) is 0 Å². The Kier molecular flexibility index (Phi) is 7.64. The van der Waals surface area contributed by atoms with Crippen LogP contribution in [-0.2, 0) is 10.8 Å². The van der Waals surface area contributed by atoms with Crippen molar-refractivity contribution < 1.29 is 4.42 Å². The maximum atomic E-state index is 7.14. The minimum absolute atomic E-state index is 0.102. The third-order valence-electron chi connectivity index (χ3n) is 11.5. The Balaban J connectivity index is 1.21. The molecule has 0 aliphatic heterocycles. The summed E-state index contributed by atoms with van der Waals surface area (Å²) in [4.78, 5) is 2.36. The average molecular weight is 708 g/mol. The summed E-state index contributed by atoms with van der Waals surface area (Å²) in [5.41, 5.74) is 15.6. The zero-order chi connectivity index (χ0) is 37.1. The highest BCUT2D eigenvalue weighted by Crippen LogP contribution is 2.56. The van der Waals surface area contributed by atoms with E-state index >= 15 is 0 Å². The van der Waals surface area contributed by atoms with Crippen molar-refractivity contribution in [2.45, 2.75) is 31.6 Å². The molecule has 9 aromatic rings. The Morgan fingerprint density at radius 3 is 1.60 bits per heavy atom. The summed E-state index contributed by atoms with van der Waals surface area (Å²) in [6, 6.07) is 70.4. The maximum absolute atomic E-state index is 7.14. The van der Waals surface area contributed by atoms with Crippen LogP contribution >= 0.6 is 0 Å². The van der Waals surface area contributed by atoms with E-state index in [0.29, 0.717) is 0 Å². The van der Waals surface area contributed by atoms with Crippen molar-refractivity contribution >= 4 is 39.0 Å². The summed E-state index contributed by atoms with van der Waals surface area (Å²) in [6.45, 7) is 6.87. The van der Waals surface area contributed by atoms with Crippen LogP contribution < -0.4 is 4.90 Å². The molecule has 0 spiro atoms. The molecule has 0 N–H and O–H groups in total. The molecule has 10 rings (SSSR count). The number of anilines is 3. The summed E-state index contributed by atoms with van der Waals surface area (Å²) in [7, 11) is 0. The van der Waals surface area contributed by atoms with Gasteiger partial charge in [-0.3, -0.25) is 0 Å². The van der Waals surface area contributed by atoms with Gasteiger partial charge in [0.2, 0.25) is 0 Å². The molecule has 0 unspecified atom stereocenters. The predicted octanol–water partition coefficient (Wildman–Crippen LogP) is 14.4. The minimum Gasteiger partial charge on any atom is -0.453 e. The van der Waals surface area contributed by atoms with Gasteiger partial charge in [-0.25, -0.2) is 0 Å². The summed E-state index contributed by atoms with van der Waals surface area (Å²) in [6.07, 6.45) is 0. The predicted molar refractivity (Wildman–Crippen MR) is 230 cm³/mol. The van der Waals surface area contributed by atoms with Crippen LogP contribution in [0.4, 0.5) is 17.1 Å².